The number of methoxy groups -OCH3 is 1. The highest BCUT2D eigenvalue weighted by atomic mass is 32.2. The molecule has 0 bridgehead atoms. The van der Waals surface area contributed by atoms with Crippen LogP contribution in [0.3, 0.4) is 0 Å². The number of benzene rings is 4. The fourth-order valence-electron chi connectivity index (χ4n) is 4.02. The molecular weight excluding hydrogens is 541 g/mol. The fraction of sp³-hybridized carbons (Fsp3) is 0.133. The maximum Gasteiger partial charge on any atom is 0.204 e. The lowest BCUT2D eigenvalue weighted by Crippen LogP contribution is -2.00. The van der Waals surface area contributed by atoms with Crippen LogP contribution in [0.5, 0.6) is 17.2 Å². The summed E-state index contributed by atoms with van der Waals surface area (Å²) in [5.41, 5.74) is 2.38. The Bertz CT molecular complexity index is 1620. The normalized spacial score (nSPS) is 11.1. The van der Waals surface area contributed by atoms with E-state index in [1.807, 2.05) is 55.5 Å². The summed E-state index contributed by atoms with van der Waals surface area (Å²) in [6.45, 7) is 1.99. The van der Waals surface area contributed by atoms with Gasteiger partial charge in [-0.25, -0.2) is 8.78 Å². The van der Waals surface area contributed by atoms with E-state index in [2.05, 4.69) is 5.32 Å². The Kier molecular flexibility index (Phi) is 7.99. The number of nitrogens with one attached hydrogen (secondary N) is 1. The van der Waals surface area contributed by atoms with Gasteiger partial charge < -0.3 is 14.8 Å². The van der Waals surface area contributed by atoms with Crippen molar-refractivity contribution in [2.75, 3.05) is 19.5 Å². The molecule has 39 heavy (non-hydrogen) atoms. The molecular formula is C30H25F3N2O2S2. The Morgan fingerprint density at radius 1 is 0.872 bits per heavy atom. The molecule has 0 fully saturated rings. The number of rotatable bonds is 9. The van der Waals surface area contributed by atoms with Crippen molar-refractivity contribution >= 4 is 40.3 Å². The molecule has 0 atom stereocenters. The van der Waals surface area contributed by atoms with E-state index in [9.17, 15) is 4.39 Å². The molecule has 0 radical (unpaired) electrons. The molecule has 0 amide bonds. The number of nitrogens with zero attached hydrogens (tertiary/aromatic N) is 1. The van der Waals surface area contributed by atoms with Crippen molar-refractivity contribution in [2.24, 2.45) is 0 Å². The molecule has 0 spiro atoms. The summed E-state index contributed by atoms with van der Waals surface area (Å²) < 4.78 is 58.3. The largest absolute Gasteiger partial charge is 0.497 e. The van der Waals surface area contributed by atoms with Gasteiger partial charge in [0.15, 0.2) is 11.6 Å². The van der Waals surface area contributed by atoms with E-state index < -0.39 is 17.5 Å². The number of aryl methyl sites for hydroxylation is 1. The van der Waals surface area contributed by atoms with E-state index >= 15 is 8.78 Å². The van der Waals surface area contributed by atoms with Crippen LogP contribution in [-0.2, 0) is 5.75 Å². The van der Waals surface area contributed by atoms with Crippen molar-refractivity contribution in [3.63, 3.8) is 0 Å². The second kappa shape index (κ2) is 11.6. The molecule has 4 aromatic carbocycles. The topological polar surface area (TPSA) is 35.4 Å². The maximum atomic E-state index is 15.8. The van der Waals surface area contributed by atoms with E-state index in [0.717, 1.165) is 21.8 Å². The first-order valence-electron chi connectivity index (χ1n) is 12.1. The third-order valence-electron chi connectivity index (χ3n) is 6.10. The average Bonchev–Trinajstić information content (AvgIpc) is 3.37. The smallest absolute Gasteiger partial charge is 0.204 e. The van der Waals surface area contributed by atoms with Crippen molar-refractivity contribution in [3.05, 3.63) is 108 Å². The summed E-state index contributed by atoms with van der Waals surface area (Å²) in [6.07, 6.45) is 1.72. The summed E-state index contributed by atoms with van der Waals surface area (Å²) in [5.74, 6) is -1.48. The number of thioether (sulfide) groups is 1. The van der Waals surface area contributed by atoms with Crippen molar-refractivity contribution in [1.82, 2.24) is 3.97 Å². The van der Waals surface area contributed by atoms with E-state index in [4.69, 9.17) is 9.47 Å². The lowest BCUT2D eigenvalue weighted by atomic mass is 10.2. The standard InChI is InChI=1S/C30H25F3N2O2S2/c1-18-4-11-22(12-5-18)39-35-15-14-23-28(35)26(32)27(33)29(37-21-10-13-24(31)25(16-21)34-2)30(23)38-17-19-6-8-20(36-3)9-7-19/h4-16,34H,17H2,1-3H3. The molecule has 1 N–H and O–H groups in total. The molecule has 1 aromatic heterocycles. The molecule has 4 nitrogen and oxygen atoms in total. The average molecular weight is 567 g/mol. The van der Waals surface area contributed by atoms with Gasteiger partial charge in [0.25, 0.3) is 0 Å². The minimum absolute atomic E-state index is 0.123. The van der Waals surface area contributed by atoms with Gasteiger partial charge in [-0.1, -0.05) is 29.8 Å². The fourth-order valence-corrected chi connectivity index (χ4v) is 5.98. The molecule has 9 heteroatoms. The Labute approximate surface area is 233 Å². The summed E-state index contributed by atoms with van der Waals surface area (Å²) in [4.78, 5) is 1.33. The molecule has 200 valence electrons. The van der Waals surface area contributed by atoms with E-state index in [1.54, 1.807) is 30.4 Å². The number of aromatic nitrogens is 1. The second-order valence-corrected chi connectivity index (χ2v) is 10.8. The Morgan fingerprint density at radius 2 is 1.59 bits per heavy atom. The number of fused-ring (bicyclic) bond motifs is 1. The number of hydrogen-bond donors (Lipinski definition) is 1. The van der Waals surface area contributed by atoms with Gasteiger partial charge in [0.2, 0.25) is 5.82 Å². The predicted molar refractivity (Wildman–Crippen MR) is 153 cm³/mol. The minimum Gasteiger partial charge on any atom is -0.497 e. The number of halogens is 3. The van der Waals surface area contributed by atoms with E-state index in [1.165, 1.54) is 41.9 Å². The molecule has 0 aliphatic carbocycles. The van der Waals surface area contributed by atoms with Crippen LogP contribution < -0.4 is 14.8 Å². The van der Waals surface area contributed by atoms with Crippen molar-refractivity contribution in [3.8, 4) is 17.2 Å². The van der Waals surface area contributed by atoms with Crippen molar-refractivity contribution < 1.29 is 22.6 Å². The molecule has 0 aliphatic rings. The van der Waals surface area contributed by atoms with Crippen LogP contribution >= 0.6 is 23.7 Å². The van der Waals surface area contributed by atoms with Gasteiger partial charge in [-0.3, -0.25) is 3.97 Å². The Balaban J connectivity index is 1.59. The summed E-state index contributed by atoms with van der Waals surface area (Å²) in [7, 11) is 3.17. The van der Waals surface area contributed by atoms with Crippen molar-refractivity contribution in [2.45, 2.75) is 22.5 Å². The Morgan fingerprint density at radius 3 is 2.28 bits per heavy atom. The molecule has 5 rings (SSSR count). The van der Waals surface area contributed by atoms with Crippen LogP contribution in [0.25, 0.3) is 10.9 Å². The third kappa shape index (κ3) is 5.69. The zero-order valence-electron chi connectivity index (χ0n) is 21.4. The van der Waals surface area contributed by atoms with Gasteiger partial charge in [-0.2, -0.15) is 4.39 Å². The third-order valence-corrected chi connectivity index (χ3v) is 8.25. The molecule has 0 saturated carbocycles. The van der Waals surface area contributed by atoms with Gasteiger partial charge in [0.1, 0.15) is 17.3 Å². The lowest BCUT2D eigenvalue weighted by molar-refractivity contribution is 0.409. The van der Waals surface area contributed by atoms with Crippen LogP contribution in [-0.4, -0.2) is 18.1 Å². The molecule has 0 aliphatic heterocycles. The van der Waals surface area contributed by atoms with Gasteiger partial charge in [0, 0.05) is 35.3 Å². The van der Waals surface area contributed by atoms with Crippen LogP contribution in [0.4, 0.5) is 18.9 Å². The predicted octanol–water partition coefficient (Wildman–Crippen LogP) is 9.06. The van der Waals surface area contributed by atoms with Crippen LogP contribution in [0, 0.1) is 24.4 Å². The van der Waals surface area contributed by atoms with Crippen LogP contribution in [0.2, 0.25) is 0 Å². The second-order valence-electron chi connectivity index (χ2n) is 8.72. The first-order chi connectivity index (χ1) is 18.9. The van der Waals surface area contributed by atoms with Gasteiger partial charge in [-0.15, -0.1) is 11.8 Å². The monoisotopic (exact) mass is 566 g/mol. The summed E-state index contributed by atoms with van der Waals surface area (Å²) in [5, 5.41) is 3.25. The quantitative estimate of drug-likeness (QED) is 0.180. The number of hydrogen-bond acceptors (Lipinski definition) is 5. The van der Waals surface area contributed by atoms with E-state index in [-0.39, 0.29) is 22.7 Å². The molecule has 5 aromatic rings. The molecule has 0 unspecified atom stereocenters. The maximum absolute atomic E-state index is 15.8. The van der Waals surface area contributed by atoms with E-state index in [0.29, 0.717) is 16.0 Å². The zero-order chi connectivity index (χ0) is 27.5. The zero-order valence-corrected chi connectivity index (χ0v) is 23.1. The number of ether oxygens (including phenoxy) is 2. The van der Waals surface area contributed by atoms with Crippen LogP contribution in [0.15, 0.2) is 88.8 Å². The lowest BCUT2D eigenvalue weighted by Gasteiger charge is -2.16. The summed E-state index contributed by atoms with van der Waals surface area (Å²) >= 11 is 2.63. The highest BCUT2D eigenvalue weighted by Gasteiger charge is 2.25. The SMILES string of the molecule is CNc1cc(Oc2c(F)c(F)c3c(ccn3Sc3ccc(C)cc3)c2SCc2ccc(OC)cc2)ccc1F. The number of anilines is 1. The summed E-state index contributed by atoms with van der Waals surface area (Å²) in [6, 6.07) is 21.1. The minimum atomic E-state index is -1.11. The van der Waals surface area contributed by atoms with Crippen molar-refractivity contribution in [1.29, 1.82) is 0 Å². The first-order valence-corrected chi connectivity index (χ1v) is 13.8. The first kappa shape index (κ1) is 26.9. The van der Waals surface area contributed by atoms with Gasteiger partial charge in [0.05, 0.1) is 23.2 Å². The van der Waals surface area contributed by atoms with Gasteiger partial charge in [-0.05, 0) is 66.9 Å². The molecule has 0 saturated heterocycles. The highest BCUT2D eigenvalue weighted by Crippen LogP contribution is 2.45. The Hall–Kier alpha value is -3.69. The van der Waals surface area contributed by atoms with Gasteiger partial charge >= 0.3 is 0 Å². The van der Waals surface area contributed by atoms with Crippen LogP contribution in [0.1, 0.15) is 11.1 Å². The highest BCUT2D eigenvalue weighted by molar-refractivity contribution is 7.99. The molecule has 1 heterocycles.